The maximum absolute atomic E-state index is 6.80. The maximum Gasteiger partial charge on any atom is 0.127 e. The molecule has 0 spiro atoms. The van der Waals surface area contributed by atoms with Crippen LogP contribution in [0.2, 0.25) is 0 Å². The Hall–Kier alpha value is -4.58. The van der Waals surface area contributed by atoms with Crippen molar-refractivity contribution in [1.82, 2.24) is 0 Å². The molecule has 0 amide bonds. The van der Waals surface area contributed by atoms with Gasteiger partial charge in [-0.25, -0.2) is 0 Å². The second-order valence-corrected chi connectivity index (χ2v) is 20.4. The van der Waals surface area contributed by atoms with Gasteiger partial charge in [0.2, 0.25) is 0 Å². The molecular formula is C68H106O6. The van der Waals surface area contributed by atoms with E-state index in [1.807, 2.05) is 12.2 Å². The van der Waals surface area contributed by atoms with E-state index in [-0.39, 0.29) is 0 Å². The van der Waals surface area contributed by atoms with Crippen LogP contribution in [0.25, 0.3) is 36.5 Å². The average Bonchev–Trinajstić information content (AvgIpc) is 3.41. The fraction of sp³-hybridized carbons (Fsp3) is 0.618. The van der Waals surface area contributed by atoms with E-state index in [0.29, 0.717) is 39.6 Å². The van der Waals surface area contributed by atoms with E-state index in [0.717, 1.165) is 132 Å². The Balaban J connectivity index is 2.17. The molecule has 0 atom stereocenters. The number of benzene rings is 3. The third kappa shape index (κ3) is 26.8. The van der Waals surface area contributed by atoms with Crippen molar-refractivity contribution in [2.45, 2.75) is 234 Å². The number of rotatable bonds is 48. The molecule has 0 aliphatic heterocycles. The lowest BCUT2D eigenvalue weighted by Crippen LogP contribution is -2.04. The molecule has 0 aromatic heterocycles. The highest BCUT2D eigenvalue weighted by atomic mass is 16.5. The molecule has 74 heavy (non-hydrogen) atoms. The lowest BCUT2D eigenvalue weighted by molar-refractivity contribution is 0.295. The van der Waals surface area contributed by atoms with Crippen LogP contribution in [0.3, 0.4) is 0 Å². The predicted octanol–water partition coefficient (Wildman–Crippen LogP) is 21.4. The smallest absolute Gasteiger partial charge is 0.127 e. The Morgan fingerprint density at radius 2 is 0.405 bits per heavy atom. The van der Waals surface area contributed by atoms with Crippen LogP contribution in [0.4, 0.5) is 0 Å². The molecule has 0 saturated carbocycles. The topological polar surface area (TPSA) is 55.4 Å². The van der Waals surface area contributed by atoms with Crippen molar-refractivity contribution in [3.8, 4) is 34.5 Å². The first-order chi connectivity index (χ1) is 36.5. The molecule has 3 aromatic carbocycles. The minimum absolute atomic E-state index is 0.639. The van der Waals surface area contributed by atoms with Gasteiger partial charge in [-0.2, -0.15) is 0 Å². The van der Waals surface area contributed by atoms with Crippen LogP contribution in [-0.2, 0) is 0 Å². The second kappa shape index (κ2) is 42.6. The summed E-state index contributed by atoms with van der Waals surface area (Å²) in [7, 11) is 0. The highest BCUT2D eigenvalue weighted by molar-refractivity contribution is 5.82. The molecule has 3 aromatic rings. The van der Waals surface area contributed by atoms with Crippen LogP contribution >= 0.6 is 0 Å². The first kappa shape index (κ1) is 63.7. The predicted molar refractivity (Wildman–Crippen MR) is 323 cm³/mol. The van der Waals surface area contributed by atoms with E-state index >= 15 is 0 Å². The monoisotopic (exact) mass is 1020 g/mol. The molecule has 6 heteroatoms. The van der Waals surface area contributed by atoms with Crippen molar-refractivity contribution in [1.29, 1.82) is 0 Å². The summed E-state index contributed by atoms with van der Waals surface area (Å²) in [6.07, 6.45) is 47.7. The van der Waals surface area contributed by atoms with E-state index in [2.05, 4.69) is 115 Å². The Kier molecular flexibility index (Phi) is 36.7. The molecule has 0 saturated heterocycles. The standard InChI is InChI=1S/C68H106O6/c1-9-17-23-29-35-45-69-63-53-59(65(51-57(63)15-7)71-47-37-31-25-19-11-3)41-43-61-55-68(74-50-40-34-28-22-14-6)62(56-67(61)73-49-39-33-27-21-13-5)44-42-60-54-64(70-46-36-30-24-18-10-2)58(16-8)52-66(60)72-48-38-32-26-20-12-4/h15-16,41-44,51-56H,7-14,17-40,45-50H2,1-6H3/b43-41+,44-42+. The van der Waals surface area contributed by atoms with Crippen molar-refractivity contribution >= 4 is 36.5 Å². The van der Waals surface area contributed by atoms with E-state index in [4.69, 9.17) is 28.4 Å². The Bertz CT molecular complexity index is 1840. The van der Waals surface area contributed by atoms with Crippen molar-refractivity contribution in [3.63, 3.8) is 0 Å². The van der Waals surface area contributed by atoms with Gasteiger partial charge in [-0.1, -0.05) is 245 Å². The first-order valence-corrected chi connectivity index (χ1v) is 30.4. The van der Waals surface area contributed by atoms with Crippen LogP contribution in [0.1, 0.15) is 268 Å². The van der Waals surface area contributed by atoms with Gasteiger partial charge in [0.1, 0.15) is 34.5 Å². The summed E-state index contributed by atoms with van der Waals surface area (Å²) in [5.74, 6) is 5.00. The molecule has 0 heterocycles. The van der Waals surface area contributed by atoms with E-state index < -0.39 is 0 Å². The van der Waals surface area contributed by atoms with Gasteiger partial charge in [0.05, 0.1) is 39.6 Å². The van der Waals surface area contributed by atoms with Gasteiger partial charge < -0.3 is 28.4 Å². The molecule has 6 nitrogen and oxygen atoms in total. The summed E-state index contributed by atoms with van der Waals surface area (Å²) in [4.78, 5) is 0. The molecule has 0 radical (unpaired) electrons. The van der Waals surface area contributed by atoms with Gasteiger partial charge >= 0.3 is 0 Å². The van der Waals surface area contributed by atoms with Crippen molar-refractivity contribution < 1.29 is 28.4 Å². The minimum atomic E-state index is 0.639. The van der Waals surface area contributed by atoms with Crippen LogP contribution in [-0.4, -0.2) is 39.6 Å². The molecule has 0 aliphatic rings. The quantitative estimate of drug-likeness (QED) is 0.0415. The van der Waals surface area contributed by atoms with Gasteiger partial charge in [-0.05, 0) is 74.9 Å². The summed E-state index contributed by atoms with van der Waals surface area (Å²) in [5, 5.41) is 0. The van der Waals surface area contributed by atoms with Gasteiger partial charge in [0, 0.05) is 33.4 Å². The maximum atomic E-state index is 6.80. The zero-order valence-electron chi connectivity index (χ0n) is 48.2. The van der Waals surface area contributed by atoms with Crippen LogP contribution < -0.4 is 28.4 Å². The summed E-state index contributed by atoms with van der Waals surface area (Å²) in [5.41, 5.74) is 5.78. The first-order valence-electron chi connectivity index (χ1n) is 30.4. The highest BCUT2D eigenvalue weighted by Crippen LogP contribution is 2.37. The number of hydrogen-bond donors (Lipinski definition) is 0. The third-order valence-corrected chi connectivity index (χ3v) is 13.8. The molecule has 0 aliphatic carbocycles. The van der Waals surface area contributed by atoms with Crippen molar-refractivity contribution in [3.05, 3.63) is 82.9 Å². The molecule has 0 N–H and O–H groups in total. The fourth-order valence-electron chi connectivity index (χ4n) is 9.05. The van der Waals surface area contributed by atoms with E-state index in [1.54, 1.807) is 0 Å². The van der Waals surface area contributed by atoms with Gasteiger partial charge in [0.25, 0.3) is 0 Å². The lowest BCUT2D eigenvalue weighted by Gasteiger charge is -2.17. The normalized spacial score (nSPS) is 11.4. The summed E-state index contributed by atoms with van der Waals surface area (Å²) in [6, 6.07) is 12.8. The Morgan fingerprint density at radius 1 is 0.243 bits per heavy atom. The zero-order chi connectivity index (χ0) is 53.1. The number of unbranched alkanes of at least 4 members (excludes halogenated alkanes) is 24. The fourth-order valence-corrected chi connectivity index (χ4v) is 9.05. The highest BCUT2D eigenvalue weighted by Gasteiger charge is 2.15. The Morgan fingerprint density at radius 3 is 0.581 bits per heavy atom. The third-order valence-electron chi connectivity index (χ3n) is 13.8. The van der Waals surface area contributed by atoms with Crippen LogP contribution in [0, 0.1) is 0 Å². The summed E-state index contributed by atoms with van der Waals surface area (Å²) in [6.45, 7) is 25.9. The van der Waals surface area contributed by atoms with Gasteiger partial charge in [-0.3, -0.25) is 0 Å². The molecule has 0 unspecified atom stereocenters. The lowest BCUT2D eigenvalue weighted by atomic mass is 10.0. The molecule has 3 rings (SSSR count). The summed E-state index contributed by atoms with van der Waals surface area (Å²) < 4.78 is 39.8. The van der Waals surface area contributed by atoms with Crippen LogP contribution in [0.5, 0.6) is 34.5 Å². The van der Waals surface area contributed by atoms with E-state index in [9.17, 15) is 0 Å². The van der Waals surface area contributed by atoms with Gasteiger partial charge in [-0.15, -0.1) is 0 Å². The number of hydrogen-bond acceptors (Lipinski definition) is 6. The summed E-state index contributed by atoms with van der Waals surface area (Å²) >= 11 is 0. The van der Waals surface area contributed by atoms with E-state index in [1.165, 1.54) is 128 Å². The van der Waals surface area contributed by atoms with Crippen molar-refractivity contribution in [2.24, 2.45) is 0 Å². The van der Waals surface area contributed by atoms with Gasteiger partial charge in [0.15, 0.2) is 0 Å². The molecular weight excluding hydrogens is 913 g/mol. The Labute approximate surface area is 454 Å². The van der Waals surface area contributed by atoms with Crippen LogP contribution in [0.15, 0.2) is 49.6 Å². The SMILES string of the molecule is C=Cc1cc(OCCCCCCC)c(/C=C/c2cc(OCCCCCCC)c(/C=C/c3cc(OCCCCCCC)c(C=C)cc3OCCCCCCC)cc2OCCCCCCC)cc1OCCCCCCC. The molecule has 0 fully saturated rings. The average molecular weight is 1020 g/mol. The molecule has 0 bridgehead atoms. The number of ether oxygens (including phenoxy) is 6. The minimum Gasteiger partial charge on any atom is -0.493 e. The second-order valence-electron chi connectivity index (χ2n) is 20.4. The largest absolute Gasteiger partial charge is 0.493 e. The molecule has 414 valence electrons. The van der Waals surface area contributed by atoms with Crippen molar-refractivity contribution in [2.75, 3.05) is 39.6 Å². The zero-order valence-corrected chi connectivity index (χ0v) is 48.2.